The van der Waals surface area contributed by atoms with E-state index in [-0.39, 0.29) is 5.56 Å². The number of nitrogens with zero attached hydrogens (tertiary/aromatic N) is 1. The third kappa shape index (κ3) is 1.94. The Morgan fingerprint density at radius 1 is 1.22 bits per heavy atom. The molecule has 0 atom stereocenters. The Balaban J connectivity index is 2.14. The zero-order valence-corrected chi connectivity index (χ0v) is 10.7. The highest BCUT2D eigenvalue weighted by Crippen LogP contribution is 2.30. The maximum atomic E-state index is 12.1. The Bertz CT molecular complexity index is 624. The van der Waals surface area contributed by atoms with Crippen molar-refractivity contribution in [2.75, 3.05) is 0 Å². The van der Waals surface area contributed by atoms with E-state index in [0.29, 0.717) is 11.3 Å². The van der Waals surface area contributed by atoms with Gasteiger partial charge in [0.05, 0.1) is 10.9 Å². The largest absolute Gasteiger partial charge is 0.310 e. The van der Waals surface area contributed by atoms with Crippen molar-refractivity contribution in [1.29, 1.82) is 0 Å². The van der Waals surface area contributed by atoms with Crippen molar-refractivity contribution in [3.05, 3.63) is 39.9 Å². The van der Waals surface area contributed by atoms with Crippen LogP contribution in [0.15, 0.2) is 23.0 Å². The van der Waals surface area contributed by atoms with Crippen LogP contribution in [0.25, 0.3) is 10.9 Å². The van der Waals surface area contributed by atoms with Crippen LogP contribution in [0.5, 0.6) is 0 Å². The minimum Gasteiger partial charge on any atom is -0.310 e. The average Bonchev–Trinajstić information content (AvgIpc) is 2.41. The summed E-state index contributed by atoms with van der Waals surface area (Å²) < 4.78 is 0. The number of aryl methyl sites for hydroxylation is 1. The first-order valence-corrected chi connectivity index (χ1v) is 6.75. The number of fused-ring (bicyclic) bond motifs is 1. The van der Waals surface area contributed by atoms with Gasteiger partial charge in [0, 0.05) is 5.92 Å². The summed E-state index contributed by atoms with van der Waals surface area (Å²) in [6.45, 7) is 2.01. The highest BCUT2D eigenvalue weighted by molar-refractivity contribution is 5.80. The van der Waals surface area contributed by atoms with Gasteiger partial charge in [-0.2, -0.15) is 0 Å². The molecule has 3 heteroatoms. The minimum atomic E-state index is 0.00396. The zero-order valence-electron chi connectivity index (χ0n) is 10.7. The van der Waals surface area contributed by atoms with E-state index in [2.05, 4.69) is 4.98 Å². The first-order valence-electron chi connectivity index (χ1n) is 6.75. The van der Waals surface area contributed by atoms with Crippen molar-refractivity contribution in [2.45, 2.75) is 44.9 Å². The van der Waals surface area contributed by atoms with E-state index in [1.807, 2.05) is 25.1 Å². The number of H-pyrrole nitrogens is 1. The number of benzene rings is 1. The van der Waals surface area contributed by atoms with Gasteiger partial charge < -0.3 is 4.98 Å². The number of rotatable bonds is 1. The van der Waals surface area contributed by atoms with Crippen molar-refractivity contribution in [2.24, 2.45) is 0 Å². The fourth-order valence-electron chi connectivity index (χ4n) is 2.89. The number of aromatic amines is 1. The van der Waals surface area contributed by atoms with Gasteiger partial charge in [0.2, 0.25) is 0 Å². The molecule has 0 spiro atoms. The summed E-state index contributed by atoms with van der Waals surface area (Å²) >= 11 is 0. The molecule has 1 aromatic heterocycles. The van der Waals surface area contributed by atoms with Crippen LogP contribution in [0, 0.1) is 6.92 Å². The fourth-order valence-corrected chi connectivity index (χ4v) is 2.89. The summed E-state index contributed by atoms with van der Waals surface area (Å²) in [5.41, 5.74) is 1.95. The second kappa shape index (κ2) is 4.56. The first kappa shape index (κ1) is 11.5. The Morgan fingerprint density at radius 3 is 2.78 bits per heavy atom. The molecule has 1 fully saturated rings. The molecule has 2 aromatic rings. The summed E-state index contributed by atoms with van der Waals surface area (Å²) in [6.07, 6.45) is 6.12. The SMILES string of the molecule is Cc1cccc2c(=O)[nH]c(C3CCCCC3)nc12. The molecule has 1 aliphatic carbocycles. The highest BCUT2D eigenvalue weighted by Gasteiger charge is 2.18. The van der Waals surface area contributed by atoms with Crippen molar-refractivity contribution < 1.29 is 0 Å². The molecule has 1 saturated carbocycles. The lowest BCUT2D eigenvalue weighted by molar-refractivity contribution is 0.429. The zero-order chi connectivity index (χ0) is 12.5. The van der Waals surface area contributed by atoms with Crippen molar-refractivity contribution in [1.82, 2.24) is 9.97 Å². The monoisotopic (exact) mass is 242 g/mol. The van der Waals surface area contributed by atoms with Gasteiger partial charge in [-0.3, -0.25) is 4.79 Å². The molecule has 0 unspecified atom stereocenters. The second-order valence-electron chi connectivity index (χ2n) is 5.26. The topological polar surface area (TPSA) is 45.8 Å². The van der Waals surface area contributed by atoms with E-state index in [4.69, 9.17) is 4.98 Å². The van der Waals surface area contributed by atoms with Crippen LogP contribution in [0.3, 0.4) is 0 Å². The lowest BCUT2D eigenvalue weighted by Gasteiger charge is -2.20. The molecule has 1 aromatic carbocycles. The van der Waals surface area contributed by atoms with Crippen LogP contribution >= 0.6 is 0 Å². The number of hydrogen-bond donors (Lipinski definition) is 1. The van der Waals surface area contributed by atoms with E-state index >= 15 is 0 Å². The van der Waals surface area contributed by atoms with Gasteiger partial charge in [-0.05, 0) is 31.4 Å². The summed E-state index contributed by atoms with van der Waals surface area (Å²) in [4.78, 5) is 19.8. The number of nitrogens with one attached hydrogen (secondary N) is 1. The number of para-hydroxylation sites is 1. The van der Waals surface area contributed by atoms with Crippen LogP contribution in [-0.2, 0) is 0 Å². The third-order valence-electron chi connectivity index (χ3n) is 3.95. The molecule has 0 saturated heterocycles. The molecule has 0 amide bonds. The predicted octanol–water partition coefficient (Wildman–Crippen LogP) is 3.28. The predicted molar refractivity (Wildman–Crippen MR) is 72.9 cm³/mol. The van der Waals surface area contributed by atoms with Crippen LogP contribution in [0.4, 0.5) is 0 Å². The second-order valence-corrected chi connectivity index (χ2v) is 5.26. The molecule has 0 bridgehead atoms. The summed E-state index contributed by atoms with van der Waals surface area (Å²) in [5, 5.41) is 0.703. The molecule has 3 nitrogen and oxygen atoms in total. The molecule has 1 N–H and O–H groups in total. The van der Waals surface area contributed by atoms with Gasteiger partial charge in [-0.1, -0.05) is 31.4 Å². The van der Waals surface area contributed by atoms with E-state index in [9.17, 15) is 4.79 Å². The highest BCUT2D eigenvalue weighted by atomic mass is 16.1. The van der Waals surface area contributed by atoms with Gasteiger partial charge in [0.25, 0.3) is 5.56 Å². The minimum absolute atomic E-state index is 0.00396. The number of aromatic nitrogens is 2. The van der Waals surface area contributed by atoms with E-state index in [1.54, 1.807) is 0 Å². The smallest absolute Gasteiger partial charge is 0.258 e. The van der Waals surface area contributed by atoms with Crippen LogP contribution in [0.1, 0.15) is 49.4 Å². The Labute approximate surface area is 106 Å². The quantitative estimate of drug-likeness (QED) is 0.834. The molecule has 18 heavy (non-hydrogen) atoms. The lowest BCUT2D eigenvalue weighted by atomic mass is 9.88. The van der Waals surface area contributed by atoms with Crippen molar-refractivity contribution in [3.8, 4) is 0 Å². The normalized spacial score (nSPS) is 17.2. The Morgan fingerprint density at radius 2 is 2.00 bits per heavy atom. The fraction of sp³-hybridized carbons (Fsp3) is 0.467. The molecule has 0 radical (unpaired) electrons. The molecule has 0 aliphatic heterocycles. The molecular formula is C15H18N2O. The number of hydrogen-bond acceptors (Lipinski definition) is 2. The Hall–Kier alpha value is -1.64. The lowest BCUT2D eigenvalue weighted by Crippen LogP contribution is -2.17. The van der Waals surface area contributed by atoms with Gasteiger partial charge >= 0.3 is 0 Å². The standard InChI is InChI=1S/C15H18N2O/c1-10-6-5-9-12-13(10)16-14(17-15(12)18)11-7-3-2-4-8-11/h5-6,9,11H,2-4,7-8H2,1H3,(H,16,17,18). The molecular weight excluding hydrogens is 224 g/mol. The van der Waals surface area contributed by atoms with Crippen LogP contribution < -0.4 is 5.56 Å². The van der Waals surface area contributed by atoms with Crippen molar-refractivity contribution in [3.63, 3.8) is 0 Å². The van der Waals surface area contributed by atoms with Gasteiger partial charge in [-0.15, -0.1) is 0 Å². The molecule has 1 aliphatic rings. The summed E-state index contributed by atoms with van der Waals surface area (Å²) in [6, 6.07) is 5.77. The van der Waals surface area contributed by atoms with Gasteiger partial charge in [0.1, 0.15) is 5.82 Å². The maximum Gasteiger partial charge on any atom is 0.258 e. The third-order valence-corrected chi connectivity index (χ3v) is 3.95. The Kier molecular flexibility index (Phi) is 2.90. The van der Waals surface area contributed by atoms with E-state index in [0.717, 1.165) is 29.7 Å². The average molecular weight is 242 g/mol. The van der Waals surface area contributed by atoms with Crippen LogP contribution in [0.2, 0.25) is 0 Å². The van der Waals surface area contributed by atoms with E-state index in [1.165, 1.54) is 19.3 Å². The maximum absolute atomic E-state index is 12.1. The first-order chi connectivity index (χ1) is 8.75. The van der Waals surface area contributed by atoms with E-state index < -0.39 is 0 Å². The van der Waals surface area contributed by atoms with Crippen LogP contribution in [-0.4, -0.2) is 9.97 Å². The summed E-state index contributed by atoms with van der Waals surface area (Å²) in [5.74, 6) is 1.33. The molecule has 3 rings (SSSR count). The summed E-state index contributed by atoms with van der Waals surface area (Å²) in [7, 11) is 0. The van der Waals surface area contributed by atoms with Gasteiger partial charge in [0.15, 0.2) is 0 Å². The van der Waals surface area contributed by atoms with Crippen molar-refractivity contribution >= 4 is 10.9 Å². The van der Waals surface area contributed by atoms with Gasteiger partial charge in [-0.25, -0.2) is 4.98 Å². The molecule has 94 valence electrons. The molecule has 1 heterocycles.